The van der Waals surface area contributed by atoms with Crippen molar-refractivity contribution in [3.8, 4) is 5.69 Å². The van der Waals surface area contributed by atoms with Crippen molar-refractivity contribution in [1.82, 2.24) is 19.0 Å². The fourth-order valence-corrected chi connectivity index (χ4v) is 3.10. The molecule has 0 radical (unpaired) electrons. The summed E-state index contributed by atoms with van der Waals surface area (Å²) in [5, 5.41) is 0.543. The molecular formula is C15H14N4O4S. The van der Waals surface area contributed by atoms with Crippen LogP contribution in [0.2, 0.25) is 0 Å². The van der Waals surface area contributed by atoms with Gasteiger partial charge in [0.05, 0.1) is 17.5 Å². The van der Waals surface area contributed by atoms with E-state index in [-0.39, 0.29) is 5.69 Å². The van der Waals surface area contributed by atoms with Crippen molar-refractivity contribution in [2.45, 2.75) is 6.92 Å². The van der Waals surface area contributed by atoms with Gasteiger partial charge in [-0.05, 0) is 36.7 Å². The van der Waals surface area contributed by atoms with Crippen LogP contribution < -0.4 is 16.7 Å². The molecule has 0 aliphatic carbocycles. The summed E-state index contributed by atoms with van der Waals surface area (Å²) in [7, 11) is 2.92. The first-order valence-electron chi connectivity index (χ1n) is 6.97. The second kappa shape index (κ2) is 6.02. The Morgan fingerprint density at radius 1 is 1.29 bits per heavy atom. The SMILES string of the molecule is CONC(=O)c1nsc2ccc(-n3c(=O)cc(C)n(C)c3=O)cc12. The van der Waals surface area contributed by atoms with Gasteiger partial charge < -0.3 is 4.57 Å². The van der Waals surface area contributed by atoms with Crippen LogP contribution in [0.3, 0.4) is 0 Å². The van der Waals surface area contributed by atoms with E-state index in [4.69, 9.17) is 0 Å². The van der Waals surface area contributed by atoms with Gasteiger partial charge >= 0.3 is 5.69 Å². The van der Waals surface area contributed by atoms with Crippen molar-refractivity contribution >= 4 is 27.5 Å². The minimum absolute atomic E-state index is 0.177. The van der Waals surface area contributed by atoms with Crippen molar-refractivity contribution in [2.24, 2.45) is 7.05 Å². The number of amides is 1. The third-order valence-corrected chi connectivity index (χ3v) is 4.51. The number of aryl methyl sites for hydroxylation is 1. The van der Waals surface area contributed by atoms with Crippen LogP contribution in [0.1, 0.15) is 16.2 Å². The lowest BCUT2D eigenvalue weighted by atomic mass is 10.2. The number of carbonyl (C=O) groups excluding carboxylic acids is 1. The van der Waals surface area contributed by atoms with Gasteiger partial charge in [0.2, 0.25) is 0 Å². The molecule has 124 valence electrons. The summed E-state index contributed by atoms with van der Waals surface area (Å²) in [6.07, 6.45) is 0. The van der Waals surface area contributed by atoms with Crippen LogP contribution in [0.4, 0.5) is 0 Å². The van der Waals surface area contributed by atoms with Gasteiger partial charge in [0, 0.05) is 24.2 Å². The molecule has 1 amide bonds. The number of nitrogens with one attached hydrogen (secondary N) is 1. The number of carbonyl (C=O) groups is 1. The molecule has 2 heterocycles. The number of hydrogen-bond acceptors (Lipinski definition) is 6. The molecule has 0 atom stereocenters. The Morgan fingerprint density at radius 2 is 2.04 bits per heavy atom. The highest BCUT2D eigenvalue weighted by Crippen LogP contribution is 2.24. The Hall–Kier alpha value is -2.78. The topological polar surface area (TPSA) is 95.2 Å². The molecule has 3 rings (SSSR count). The van der Waals surface area contributed by atoms with E-state index < -0.39 is 17.2 Å². The molecule has 3 aromatic rings. The normalized spacial score (nSPS) is 11.0. The zero-order valence-electron chi connectivity index (χ0n) is 13.2. The quantitative estimate of drug-likeness (QED) is 0.706. The molecular weight excluding hydrogens is 332 g/mol. The zero-order chi connectivity index (χ0) is 17.4. The standard InChI is InChI=1S/C15H14N4O4S/c1-8-6-12(20)19(15(22)18(8)2)9-4-5-11-10(7-9)13(17-24-11)14(21)16-23-3/h4-7H,1-3H3,(H,16,21). The maximum Gasteiger partial charge on any atom is 0.335 e. The Bertz CT molecular complexity index is 1060. The molecule has 0 aliphatic rings. The van der Waals surface area contributed by atoms with Crippen molar-refractivity contribution in [3.05, 3.63) is 56.5 Å². The molecule has 9 heteroatoms. The van der Waals surface area contributed by atoms with Gasteiger partial charge in [0.25, 0.3) is 11.5 Å². The van der Waals surface area contributed by atoms with Gasteiger partial charge in [-0.15, -0.1) is 0 Å². The van der Waals surface area contributed by atoms with Crippen molar-refractivity contribution in [3.63, 3.8) is 0 Å². The number of rotatable bonds is 3. The molecule has 0 aliphatic heterocycles. The molecule has 1 aromatic carbocycles. The summed E-state index contributed by atoms with van der Waals surface area (Å²) in [4.78, 5) is 41.3. The van der Waals surface area contributed by atoms with Gasteiger partial charge in [0.15, 0.2) is 5.69 Å². The van der Waals surface area contributed by atoms with Crippen LogP contribution >= 0.6 is 11.5 Å². The minimum atomic E-state index is -0.495. The first-order chi connectivity index (χ1) is 11.4. The summed E-state index contributed by atoms with van der Waals surface area (Å²) < 4.78 is 7.31. The molecule has 24 heavy (non-hydrogen) atoms. The van der Waals surface area contributed by atoms with Crippen LogP contribution in [-0.2, 0) is 11.9 Å². The van der Waals surface area contributed by atoms with E-state index in [0.29, 0.717) is 16.8 Å². The first-order valence-corrected chi connectivity index (χ1v) is 7.74. The molecule has 2 aromatic heterocycles. The fraction of sp³-hybridized carbons (Fsp3) is 0.200. The fourth-order valence-electron chi connectivity index (χ4n) is 2.34. The highest BCUT2D eigenvalue weighted by Gasteiger charge is 2.16. The smallest absolute Gasteiger partial charge is 0.301 e. The summed E-state index contributed by atoms with van der Waals surface area (Å²) in [5.74, 6) is -0.495. The molecule has 1 N–H and O–H groups in total. The van der Waals surface area contributed by atoms with Crippen LogP contribution in [0.25, 0.3) is 15.8 Å². The van der Waals surface area contributed by atoms with E-state index in [0.717, 1.165) is 20.8 Å². The molecule has 8 nitrogen and oxygen atoms in total. The summed E-state index contributed by atoms with van der Waals surface area (Å²) in [6, 6.07) is 6.35. The highest BCUT2D eigenvalue weighted by atomic mass is 32.1. The molecule has 0 fully saturated rings. The lowest BCUT2D eigenvalue weighted by molar-refractivity contribution is 0.0535. The second-order valence-electron chi connectivity index (χ2n) is 5.15. The van der Waals surface area contributed by atoms with Crippen LogP contribution in [0, 0.1) is 6.92 Å². The number of hydrogen-bond donors (Lipinski definition) is 1. The van der Waals surface area contributed by atoms with E-state index in [1.165, 1.54) is 17.7 Å². The van der Waals surface area contributed by atoms with E-state index in [1.807, 2.05) is 0 Å². The van der Waals surface area contributed by atoms with E-state index in [9.17, 15) is 14.4 Å². The molecule has 0 spiro atoms. The number of hydroxylamine groups is 1. The third-order valence-electron chi connectivity index (χ3n) is 3.68. The predicted molar refractivity (Wildman–Crippen MR) is 89.7 cm³/mol. The predicted octanol–water partition coefficient (Wildman–Crippen LogP) is 0.746. The first kappa shape index (κ1) is 16.1. The number of aromatic nitrogens is 3. The molecule has 0 bridgehead atoms. The highest BCUT2D eigenvalue weighted by molar-refractivity contribution is 7.13. The van der Waals surface area contributed by atoms with Crippen LogP contribution in [0.5, 0.6) is 0 Å². The minimum Gasteiger partial charge on any atom is -0.301 e. The van der Waals surface area contributed by atoms with Crippen LogP contribution in [0.15, 0.2) is 33.9 Å². The average molecular weight is 346 g/mol. The van der Waals surface area contributed by atoms with Gasteiger partial charge in [-0.2, -0.15) is 4.37 Å². The van der Waals surface area contributed by atoms with Crippen LogP contribution in [-0.4, -0.2) is 26.5 Å². The van der Waals surface area contributed by atoms with Crippen molar-refractivity contribution in [1.29, 1.82) is 0 Å². The number of benzene rings is 1. The second-order valence-corrected chi connectivity index (χ2v) is 5.95. The zero-order valence-corrected chi connectivity index (χ0v) is 14.0. The Balaban J connectivity index is 2.24. The maximum atomic E-state index is 12.4. The van der Waals surface area contributed by atoms with Gasteiger partial charge in [-0.25, -0.2) is 14.8 Å². The lowest BCUT2D eigenvalue weighted by Crippen LogP contribution is -2.38. The third kappa shape index (κ3) is 2.53. The van der Waals surface area contributed by atoms with E-state index >= 15 is 0 Å². The Morgan fingerprint density at radius 3 is 2.75 bits per heavy atom. The largest absolute Gasteiger partial charge is 0.335 e. The summed E-state index contributed by atoms with van der Waals surface area (Å²) >= 11 is 1.15. The average Bonchev–Trinajstić information content (AvgIpc) is 2.96. The Kier molecular flexibility index (Phi) is 4.04. The van der Waals surface area contributed by atoms with Crippen molar-refractivity contribution in [2.75, 3.05) is 7.11 Å². The monoisotopic (exact) mass is 346 g/mol. The van der Waals surface area contributed by atoms with Crippen molar-refractivity contribution < 1.29 is 9.63 Å². The van der Waals surface area contributed by atoms with Gasteiger partial charge in [0.1, 0.15) is 0 Å². The number of fused-ring (bicyclic) bond motifs is 1. The molecule has 0 saturated heterocycles. The van der Waals surface area contributed by atoms with E-state index in [2.05, 4.69) is 14.7 Å². The van der Waals surface area contributed by atoms with Gasteiger partial charge in [-0.3, -0.25) is 14.4 Å². The molecule has 0 unspecified atom stereocenters. The number of nitrogens with zero attached hydrogens (tertiary/aromatic N) is 3. The van der Waals surface area contributed by atoms with Gasteiger partial charge in [-0.1, -0.05) is 0 Å². The summed E-state index contributed by atoms with van der Waals surface area (Å²) in [5.41, 5.74) is 2.45. The lowest BCUT2D eigenvalue weighted by Gasteiger charge is -2.09. The Labute approximate surface area is 140 Å². The van der Waals surface area contributed by atoms with E-state index in [1.54, 1.807) is 32.2 Å². The maximum absolute atomic E-state index is 12.4. The molecule has 0 saturated carbocycles. The summed E-state index contributed by atoms with van der Waals surface area (Å²) in [6.45, 7) is 1.69.